The van der Waals surface area contributed by atoms with Crippen molar-refractivity contribution in [2.75, 3.05) is 0 Å². The quantitative estimate of drug-likeness (QED) is 0.502. The van der Waals surface area contributed by atoms with Crippen LogP contribution in [-0.2, 0) is 0 Å². The third kappa shape index (κ3) is 4.70. The first-order valence-corrected chi connectivity index (χ1v) is 9.13. The molecule has 0 saturated carbocycles. The predicted molar refractivity (Wildman–Crippen MR) is 106 cm³/mol. The zero-order valence-corrected chi connectivity index (χ0v) is 15.4. The first-order valence-electron chi connectivity index (χ1n) is 9.13. The highest BCUT2D eigenvalue weighted by Crippen LogP contribution is 2.27. The largest absolute Gasteiger partial charge is 0.321 e. The third-order valence-corrected chi connectivity index (χ3v) is 4.39. The lowest BCUT2D eigenvalue weighted by Crippen LogP contribution is -2.21. The number of aryl methyl sites for hydroxylation is 1. The van der Waals surface area contributed by atoms with E-state index in [4.69, 9.17) is 4.99 Å². The number of aliphatic imine (C=N–C) groups is 1. The second kappa shape index (κ2) is 9.27. The fourth-order valence-electron chi connectivity index (χ4n) is 3.07. The van der Waals surface area contributed by atoms with E-state index < -0.39 is 0 Å². The summed E-state index contributed by atoms with van der Waals surface area (Å²) in [4.78, 5) is 7.08. The van der Waals surface area contributed by atoms with E-state index in [9.17, 15) is 0 Å². The monoisotopic (exact) mass is 322 g/mol. The lowest BCUT2D eigenvalue weighted by atomic mass is 10.0. The molecule has 1 aromatic rings. The van der Waals surface area contributed by atoms with Crippen molar-refractivity contribution in [3.8, 4) is 0 Å². The van der Waals surface area contributed by atoms with Gasteiger partial charge in [-0.1, -0.05) is 69.0 Å². The average Bonchev–Trinajstić information content (AvgIpc) is 2.60. The fourth-order valence-corrected chi connectivity index (χ4v) is 3.07. The van der Waals surface area contributed by atoms with Gasteiger partial charge in [-0.05, 0) is 32.8 Å². The lowest BCUT2D eigenvalue weighted by molar-refractivity contribution is 0.627. The molecule has 1 aliphatic heterocycles. The number of allylic oxidation sites excluding steroid dienone is 2. The molecule has 0 aliphatic carbocycles. The Morgan fingerprint density at radius 2 is 1.96 bits per heavy atom. The van der Waals surface area contributed by atoms with Crippen molar-refractivity contribution in [1.82, 2.24) is 4.90 Å². The maximum atomic E-state index is 4.98. The average molecular weight is 322 g/mol. The van der Waals surface area contributed by atoms with Crippen LogP contribution in [0, 0.1) is 6.92 Å². The molecule has 0 fully saturated rings. The number of nitrogens with zero attached hydrogens (tertiary/aromatic N) is 2. The van der Waals surface area contributed by atoms with Crippen LogP contribution in [0.4, 0.5) is 0 Å². The van der Waals surface area contributed by atoms with Gasteiger partial charge in [-0.2, -0.15) is 0 Å². The maximum absolute atomic E-state index is 4.98. The Hall–Kier alpha value is -2.09. The minimum absolute atomic E-state index is 1.02. The molecule has 2 rings (SSSR count). The van der Waals surface area contributed by atoms with E-state index in [1.807, 2.05) is 6.20 Å². The van der Waals surface area contributed by atoms with Gasteiger partial charge in [-0.15, -0.1) is 0 Å². The first-order chi connectivity index (χ1) is 11.7. The summed E-state index contributed by atoms with van der Waals surface area (Å²) in [7, 11) is 0. The molecule has 1 aromatic carbocycles. The SMILES string of the molecule is C=CN1C=C(c2cccc(C)c2)N=C(CCCCCCC)/C1=C/C. The number of unbranched alkanes of at least 4 members (excludes halogenated alkanes) is 4. The Labute approximate surface area is 147 Å². The van der Waals surface area contributed by atoms with Gasteiger partial charge in [-0.3, -0.25) is 0 Å². The Morgan fingerprint density at radius 1 is 1.17 bits per heavy atom. The molecule has 24 heavy (non-hydrogen) atoms. The van der Waals surface area contributed by atoms with Crippen LogP contribution in [0.1, 0.15) is 63.5 Å². The number of hydrogen-bond donors (Lipinski definition) is 0. The molecular formula is C22H30N2. The minimum atomic E-state index is 1.02. The molecule has 0 atom stereocenters. The fraction of sp³-hybridized carbons (Fsp3) is 0.409. The van der Waals surface area contributed by atoms with Crippen molar-refractivity contribution in [3.63, 3.8) is 0 Å². The molecule has 0 amide bonds. The normalized spacial score (nSPS) is 16.1. The summed E-state index contributed by atoms with van der Waals surface area (Å²) >= 11 is 0. The van der Waals surface area contributed by atoms with Gasteiger partial charge in [0.15, 0.2) is 0 Å². The van der Waals surface area contributed by atoms with Crippen LogP contribution in [0.15, 0.2) is 60.0 Å². The first kappa shape index (κ1) is 18.3. The van der Waals surface area contributed by atoms with Crippen molar-refractivity contribution in [2.45, 2.75) is 59.3 Å². The number of rotatable bonds is 8. The molecule has 2 nitrogen and oxygen atoms in total. The van der Waals surface area contributed by atoms with Gasteiger partial charge in [0, 0.05) is 18.0 Å². The molecule has 0 N–H and O–H groups in total. The van der Waals surface area contributed by atoms with E-state index in [0.29, 0.717) is 0 Å². The molecule has 0 aromatic heterocycles. The van der Waals surface area contributed by atoms with Crippen LogP contribution in [0.25, 0.3) is 5.70 Å². The molecular weight excluding hydrogens is 292 g/mol. The smallest absolute Gasteiger partial charge is 0.0872 e. The summed E-state index contributed by atoms with van der Waals surface area (Å²) in [5, 5.41) is 0. The molecule has 0 saturated heterocycles. The van der Waals surface area contributed by atoms with Crippen LogP contribution in [-0.4, -0.2) is 10.6 Å². The molecule has 2 heteroatoms. The lowest BCUT2D eigenvalue weighted by Gasteiger charge is -2.26. The molecule has 1 heterocycles. The highest BCUT2D eigenvalue weighted by atomic mass is 15.1. The highest BCUT2D eigenvalue weighted by molar-refractivity contribution is 6.04. The summed E-state index contributed by atoms with van der Waals surface area (Å²) in [5.74, 6) is 0. The van der Waals surface area contributed by atoms with Gasteiger partial charge in [-0.25, -0.2) is 4.99 Å². The molecule has 0 spiro atoms. The zero-order chi connectivity index (χ0) is 17.4. The van der Waals surface area contributed by atoms with Gasteiger partial charge >= 0.3 is 0 Å². The summed E-state index contributed by atoms with van der Waals surface area (Å²) in [6.45, 7) is 10.4. The Bertz CT molecular complexity index is 650. The van der Waals surface area contributed by atoms with Crippen LogP contribution in [0.3, 0.4) is 0 Å². The summed E-state index contributed by atoms with van der Waals surface area (Å²) in [6, 6.07) is 8.53. The van der Waals surface area contributed by atoms with Crippen molar-refractivity contribution in [2.24, 2.45) is 4.99 Å². The zero-order valence-electron chi connectivity index (χ0n) is 15.4. The maximum Gasteiger partial charge on any atom is 0.0872 e. The van der Waals surface area contributed by atoms with E-state index in [2.05, 4.69) is 68.8 Å². The molecule has 0 radical (unpaired) electrons. The van der Waals surface area contributed by atoms with Crippen LogP contribution in [0.2, 0.25) is 0 Å². The van der Waals surface area contributed by atoms with Gasteiger partial charge in [0.25, 0.3) is 0 Å². The van der Waals surface area contributed by atoms with E-state index in [-0.39, 0.29) is 0 Å². The number of benzene rings is 1. The predicted octanol–water partition coefficient (Wildman–Crippen LogP) is 6.46. The summed E-state index contributed by atoms with van der Waals surface area (Å²) < 4.78 is 0. The van der Waals surface area contributed by atoms with Gasteiger partial charge in [0.05, 0.1) is 17.1 Å². The second-order valence-electron chi connectivity index (χ2n) is 6.37. The van der Waals surface area contributed by atoms with E-state index in [1.54, 1.807) is 0 Å². The van der Waals surface area contributed by atoms with Gasteiger partial charge in [0.2, 0.25) is 0 Å². The van der Waals surface area contributed by atoms with Crippen molar-refractivity contribution < 1.29 is 0 Å². The van der Waals surface area contributed by atoms with Crippen molar-refractivity contribution >= 4 is 11.4 Å². The summed E-state index contributed by atoms with van der Waals surface area (Å²) in [5.41, 5.74) is 5.78. The van der Waals surface area contributed by atoms with E-state index >= 15 is 0 Å². The summed E-state index contributed by atoms with van der Waals surface area (Å²) in [6.07, 6.45) is 13.5. The van der Waals surface area contributed by atoms with Gasteiger partial charge in [0.1, 0.15) is 0 Å². The van der Waals surface area contributed by atoms with Crippen LogP contribution in [0.5, 0.6) is 0 Å². The highest BCUT2D eigenvalue weighted by Gasteiger charge is 2.18. The number of hydrogen-bond acceptors (Lipinski definition) is 2. The van der Waals surface area contributed by atoms with Crippen LogP contribution >= 0.6 is 0 Å². The Morgan fingerprint density at radius 3 is 2.62 bits per heavy atom. The van der Waals surface area contributed by atoms with E-state index in [0.717, 1.165) is 17.8 Å². The molecule has 128 valence electrons. The topological polar surface area (TPSA) is 15.6 Å². The molecule has 0 unspecified atom stereocenters. The minimum Gasteiger partial charge on any atom is -0.321 e. The van der Waals surface area contributed by atoms with Crippen molar-refractivity contribution in [1.29, 1.82) is 0 Å². The van der Waals surface area contributed by atoms with Gasteiger partial charge < -0.3 is 4.90 Å². The second-order valence-corrected chi connectivity index (χ2v) is 6.37. The van der Waals surface area contributed by atoms with Crippen LogP contribution < -0.4 is 0 Å². The Kier molecular flexibility index (Phi) is 7.05. The molecule has 1 aliphatic rings. The van der Waals surface area contributed by atoms with Crippen molar-refractivity contribution in [3.05, 3.63) is 66.1 Å². The third-order valence-electron chi connectivity index (χ3n) is 4.39. The standard InChI is InChI=1S/C22H30N2/c1-5-8-9-10-11-15-20-22(6-2)24(7-3)17-21(23-20)19-14-12-13-18(4)16-19/h6-7,12-14,16-17H,3,5,8-11,15H2,1-2,4H3/b22-6-. The molecule has 0 bridgehead atoms. The Balaban J connectivity index is 2.21. The van der Waals surface area contributed by atoms with E-state index in [1.165, 1.54) is 48.9 Å².